The Hall–Kier alpha value is -2.70. The Labute approximate surface area is 119 Å². The molecule has 0 bridgehead atoms. The molecule has 1 amide bonds. The van der Waals surface area contributed by atoms with Gasteiger partial charge >= 0.3 is 5.97 Å². The summed E-state index contributed by atoms with van der Waals surface area (Å²) in [5.41, 5.74) is -0.812. The SMILES string of the molecule is Cc1nc2cc3c(cc2c(=O)[nH]1)N(C)C(=O)C3(C)C(=O)O. The molecule has 1 aromatic heterocycles. The molecule has 2 N–H and O–H groups in total. The van der Waals surface area contributed by atoms with E-state index in [0.29, 0.717) is 28.0 Å². The lowest BCUT2D eigenvalue weighted by Crippen LogP contribution is -2.42. The Balaban J connectivity index is 2.44. The van der Waals surface area contributed by atoms with E-state index in [1.54, 1.807) is 6.92 Å². The van der Waals surface area contributed by atoms with E-state index in [-0.39, 0.29) is 5.56 Å². The van der Waals surface area contributed by atoms with Crippen LogP contribution < -0.4 is 10.5 Å². The fourth-order valence-electron chi connectivity index (χ4n) is 2.74. The fraction of sp³-hybridized carbons (Fsp3) is 0.286. The Morgan fingerprint density at radius 1 is 1.38 bits per heavy atom. The molecule has 1 aliphatic heterocycles. The zero-order valence-corrected chi connectivity index (χ0v) is 11.7. The number of aliphatic carboxylic acids is 1. The number of likely N-dealkylation sites (N-methyl/N-ethyl adjacent to an activating group) is 1. The number of carboxylic acids is 1. The van der Waals surface area contributed by atoms with Crippen LogP contribution >= 0.6 is 0 Å². The van der Waals surface area contributed by atoms with Gasteiger partial charge in [0.25, 0.3) is 5.56 Å². The minimum Gasteiger partial charge on any atom is -0.480 e. The number of aromatic amines is 1. The highest BCUT2D eigenvalue weighted by atomic mass is 16.4. The first-order chi connectivity index (χ1) is 9.76. The Morgan fingerprint density at radius 2 is 2.05 bits per heavy atom. The van der Waals surface area contributed by atoms with Gasteiger partial charge < -0.3 is 15.0 Å². The van der Waals surface area contributed by atoms with Crippen LogP contribution in [-0.4, -0.2) is 34.0 Å². The topological polar surface area (TPSA) is 103 Å². The van der Waals surface area contributed by atoms with Crippen LogP contribution in [0.4, 0.5) is 5.69 Å². The van der Waals surface area contributed by atoms with Crippen LogP contribution in [0.25, 0.3) is 10.9 Å². The van der Waals surface area contributed by atoms with Gasteiger partial charge in [-0.3, -0.25) is 14.4 Å². The predicted octanol–water partition coefficient (Wildman–Crippen LogP) is 0.550. The van der Waals surface area contributed by atoms with E-state index in [1.807, 2.05) is 0 Å². The number of aryl methyl sites for hydroxylation is 1. The number of benzene rings is 1. The third kappa shape index (κ3) is 1.54. The van der Waals surface area contributed by atoms with Crippen molar-refractivity contribution in [1.82, 2.24) is 9.97 Å². The number of nitrogens with one attached hydrogen (secondary N) is 1. The highest BCUT2D eigenvalue weighted by molar-refractivity contribution is 6.20. The average Bonchev–Trinajstić information content (AvgIpc) is 2.60. The Kier molecular flexibility index (Phi) is 2.47. The van der Waals surface area contributed by atoms with Crippen molar-refractivity contribution < 1.29 is 14.7 Å². The number of aromatic nitrogens is 2. The number of carboxylic acid groups (broad SMARTS) is 1. The standard InChI is InChI=1S/C14H13N3O4/c1-6-15-9-5-8-10(4-7(9)11(18)16-6)17(3)12(19)14(8,2)13(20)21/h4-5H,1-3H3,(H,20,21)(H,15,16,18). The summed E-state index contributed by atoms with van der Waals surface area (Å²) in [4.78, 5) is 43.9. The molecule has 0 saturated heterocycles. The van der Waals surface area contributed by atoms with E-state index >= 15 is 0 Å². The van der Waals surface area contributed by atoms with E-state index < -0.39 is 17.3 Å². The first-order valence-corrected chi connectivity index (χ1v) is 6.33. The second-order valence-electron chi connectivity index (χ2n) is 5.33. The Bertz CT molecular complexity index is 870. The van der Waals surface area contributed by atoms with Gasteiger partial charge in [-0.25, -0.2) is 4.98 Å². The molecular weight excluding hydrogens is 274 g/mol. The monoisotopic (exact) mass is 287 g/mol. The van der Waals surface area contributed by atoms with Crippen LogP contribution in [-0.2, 0) is 15.0 Å². The molecule has 0 aliphatic carbocycles. The molecule has 2 aromatic rings. The number of hydrogen-bond acceptors (Lipinski definition) is 4. The van der Waals surface area contributed by atoms with Gasteiger partial charge in [0.15, 0.2) is 5.41 Å². The molecule has 0 radical (unpaired) electrons. The van der Waals surface area contributed by atoms with Crippen LogP contribution in [0.1, 0.15) is 18.3 Å². The largest absolute Gasteiger partial charge is 0.480 e. The van der Waals surface area contributed by atoms with Gasteiger partial charge in [0.2, 0.25) is 5.91 Å². The first-order valence-electron chi connectivity index (χ1n) is 6.33. The summed E-state index contributed by atoms with van der Waals surface area (Å²) in [6.07, 6.45) is 0. The molecule has 7 nitrogen and oxygen atoms in total. The van der Waals surface area contributed by atoms with Crippen molar-refractivity contribution in [2.75, 3.05) is 11.9 Å². The predicted molar refractivity (Wildman–Crippen MR) is 75.5 cm³/mol. The number of H-pyrrole nitrogens is 1. The van der Waals surface area contributed by atoms with Crippen molar-refractivity contribution in [1.29, 1.82) is 0 Å². The van der Waals surface area contributed by atoms with Gasteiger partial charge in [0.1, 0.15) is 5.82 Å². The van der Waals surface area contributed by atoms with Gasteiger partial charge in [-0.2, -0.15) is 0 Å². The molecule has 0 spiro atoms. The van der Waals surface area contributed by atoms with Gasteiger partial charge in [-0.05, 0) is 26.0 Å². The zero-order valence-electron chi connectivity index (χ0n) is 11.7. The molecule has 1 aromatic carbocycles. The number of carbonyl (C=O) groups excluding carboxylic acids is 1. The van der Waals surface area contributed by atoms with Crippen LogP contribution in [0.2, 0.25) is 0 Å². The Morgan fingerprint density at radius 3 is 2.67 bits per heavy atom. The summed E-state index contributed by atoms with van der Waals surface area (Å²) in [6, 6.07) is 3.03. The van der Waals surface area contributed by atoms with E-state index in [4.69, 9.17) is 0 Å². The highest BCUT2D eigenvalue weighted by Gasteiger charge is 2.52. The molecule has 7 heteroatoms. The molecule has 1 aliphatic rings. The molecule has 21 heavy (non-hydrogen) atoms. The maximum absolute atomic E-state index is 12.3. The summed E-state index contributed by atoms with van der Waals surface area (Å²) in [6.45, 7) is 3.01. The van der Waals surface area contributed by atoms with Crippen LogP contribution in [0.15, 0.2) is 16.9 Å². The summed E-state index contributed by atoms with van der Waals surface area (Å²) in [5.74, 6) is -1.32. The van der Waals surface area contributed by atoms with Crippen molar-refractivity contribution in [3.05, 3.63) is 33.9 Å². The van der Waals surface area contributed by atoms with E-state index in [9.17, 15) is 19.5 Å². The number of hydrogen-bond donors (Lipinski definition) is 2. The number of rotatable bonds is 1. The third-order valence-corrected chi connectivity index (χ3v) is 4.00. The van der Waals surface area contributed by atoms with Crippen molar-refractivity contribution in [3.8, 4) is 0 Å². The van der Waals surface area contributed by atoms with E-state index in [2.05, 4.69) is 9.97 Å². The van der Waals surface area contributed by atoms with Gasteiger partial charge in [-0.1, -0.05) is 0 Å². The maximum atomic E-state index is 12.3. The van der Waals surface area contributed by atoms with Crippen molar-refractivity contribution in [3.63, 3.8) is 0 Å². The smallest absolute Gasteiger partial charge is 0.323 e. The van der Waals surface area contributed by atoms with Crippen LogP contribution in [0.3, 0.4) is 0 Å². The minimum absolute atomic E-state index is 0.315. The van der Waals surface area contributed by atoms with E-state index in [0.717, 1.165) is 0 Å². The molecule has 1 atom stereocenters. The molecule has 3 rings (SSSR count). The number of carbonyl (C=O) groups is 2. The first kappa shape index (κ1) is 13.3. The second kappa shape index (κ2) is 3.91. The van der Waals surface area contributed by atoms with Gasteiger partial charge in [-0.15, -0.1) is 0 Å². The third-order valence-electron chi connectivity index (χ3n) is 4.00. The molecule has 108 valence electrons. The molecule has 0 fully saturated rings. The van der Waals surface area contributed by atoms with E-state index in [1.165, 1.54) is 31.0 Å². The number of fused-ring (bicyclic) bond motifs is 2. The van der Waals surface area contributed by atoms with Crippen molar-refractivity contribution in [2.45, 2.75) is 19.3 Å². The zero-order chi connectivity index (χ0) is 15.5. The second-order valence-corrected chi connectivity index (χ2v) is 5.33. The van der Waals surface area contributed by atoms with Crippen LogP contribution in [0, 0.1) is 6.92 Å². The van der Waals surface area contributed by atoms with Gasteiger partial charge in [0.05, 0.1) is 10.9 Å². The molecule has 1 unspecified atom stereocenters. The number of nitrogens with zero attached hydrogens (tertiary/aromatic N) is 2. The summed E-state index contributed by atoms with van der Waals surface area (Å²) in [7, 11) is 1.50. The average molecular weight is 287 g/mol. The summed E-state index contributed by atoms with van der Waals surface area (Å²) < 4.78 is 0. The quantitative estimate of drug-likeness (QED) is 0.745. The lowest BCUT2D eigenvalue weighted by molar-refractivity contribution is -0.147. The van der Waals surface area contributed by atoms with Gasteiger partial charge in [0, 0.05) is 18.3 Å². The van der Waals surface area contributed by atoms with Crippen LogP contribution in [0.5, 0.6) is 0 Å². The highest BCUT2D eigenvalue weighted by Crippen LogP contribution is 2.42. The number of amides is 1. The lowest BCUT2D eigenvalue weighted by atomic mass is 9.83. The molecule has 2 heterocycles. The maximum Gasteiger partial charge on any atom is 0.323 e. The summed E-state index contributed by atoms with van der Waals surface area (Å²) >= 11 is 0. The molecule has 0 saturated carbocycles. The minimum atomic E-state index is -1.66. The normalized spacial score (nSPS) is 20.9. The number of anilines is 1. The van der Waals surface area contributed by atoms with Crippen molar-refractivity contribution in [2.24, 2.45) is 0 Å². The van der Waals surface area contributed by atoms with Crippen molar-refractivity contribution >= 4 is 28.5 Å². The lowest BCUT2D eigenvalue weighted by Gasteiger charge is -2.17. The molecular formula is C14H13N3O4. The fourth-order valence-corrected chi connectivity index (χ4v) is 2.74. The summed E-state index contributed by atoms with van der Waals surface area (Å²) in [5, 5.41) is 9.78.